The fraction of sp³-hybridized carbons (Fsp3) is 0.533. The molecule has 2 heteroatoms. The number of hydrogen-bond acceptors (Lipinski definition) is 1. The summed E-state index contributed by atoms with van der Waals surface area (Å²) in [4.78, 5) is 11.6. The van der Waals surface area contributed by atoms with Crippen LogP contribution in [-0.4, -0.2) is 12.5 Å². The van der Waals surface area contributed by atoms with Crippen LogP contribution in [-0.2, 0) is 4.79 Å². The number of allylic oxidation sites excluding steroid dienone is 2. The van der Waals surface area contributed by atoms with Gasteiger partial charge in [0.2, 0.25) is 5.91 Å². The first-order valence-electron chi connectivity index (χ1n) is 6.34. The number of nitrogens with one attached hydrogen (secondary N) is 1. The Morgan fingerprint density at radius 2 is 2.00 bits per heavy atom. The topological polar surface area (TPSA) is 29.1 Å². The summed E-state index contributed by atoms with van der Waals surface area (Å²) in [6.45, 7) is 12.5. The molecule has 0 aromatic carbocycles. The molecule has 0 aliphatic rings. The maximum absolute atomic E-state index is 11.6. The van der Waals surface area contributed by atoms with E-state index in [0.717, 1.165) is 12.8 Å². The molecule has 0 atom stereocenters. The van der Waals surface area contributed by atoms with Crippen molar-refractivity contribution in [1.82, 2.24) is 5.32 Å². The van der Waals surface area contributed by atoms with Crippen LogP contribution < -0.4 is 5.32 Å². The predicted octanol–water partition coefficient (Wildman–Crippen LogP) is 3.76. The first-order valence-corrected chi connectivity index (χ1v) is 6.34. The molecule has 0 aliphatic carbocycles. The first-order chi connectivity index (χ1) is 8.06. The van der Waals surface area contributed by atoms with E-state index in [9.17, 15) is 4.79 Å². The molecule has 2 nitrogen and oxygen atoms in total. The molecule has 0 unspecified atom stereocenters. The quantitative estimate of drug-likeness (QED) is 0.528. The van der Waals surface area contributed by atoms with Gasteiger partial charge in [-0.25, -0.2) is 0 Å². The number of rotatable bonds is 7. The average molecular weight is 235 g/mol. The Balaban J connectivity index is 4.53. The Bertz CT molecular complexity index is 324. The summed E-state index contributed by atoms with van der Waals surface area (Å²) in [5.74, 6) is -0.0428. The van der Waals surface area contributed by atoms with Crippen LogP contribution in [0.15, 0.2) is 35.5 Å². The van der Waals surface area contributed by atoms with Crippen LogP contribution in [0.3, 0.4) is 0 Å². The smallest absolute Gasteiger partial charge is 0.246 e. The van der Waals surface area contributed by atoms with E-state index in [-0.39, 0.29) is 5.91 Å². The van der Waals surface area contributed by atoms with Crippen LogP contribution in [0.4, 0.5) is 0 Å². The normalized spacial score (nSPS) is 12.5. The van der Waals surface area contributed by atoms with Crippen molar-refractivity contribution in [1.29, 1.82) is 0 Å². The lowest BCUT2D eigenvalue weighted by molar-refractivity contribution is -0.117. The molecule has 0 heterocycles. The molecule has 0 spiro atoms. The third-order valence-electron chi connectivity index (χ3n) is 2.73. The second-order valence-corrected chi connectivity index (χ2v) is 4.20. The van der Waals surface area contributed by atoms with E-state index in [0.29, 0.717) is 18.5 Å². The van der Waals surface area contributed by atoms with Gasteiger partial charge in [-0.05, 0) is 32.3 Å². The van der Waals surface area contributed by atoms with Crippen LogP contribution >= 0.6 is 0 Å². The second kappa shape index (κ2) is 8.80. The number of amides is 1. The highest BCUT2D eigenvalue weighted by molar-refractivity contribution is 5.92. The van der Waals surface area contributed by atoms with Gasteiger partial charge in [-0.2, -0.15) is 0 Å². The van der Waals surface area contributed by atoms with Gasteiger partial charge in [0, 0.05) is 12.1 Å². The zero-order valence-electron chi connectivity index (χ0n) is 11.6. The minimum absolute atomic E-state index is 0.0428. The summed E-state index contributed by atoms with van der Waals surface area (Å²) in [7, 11) is 0. The molecular weight excluding hydrogens is 210 g/mol. The summed E-state index contributed by atoms with van der Waals surface area (Å²) in [6.07, 6.45) is 6.98. The van der Waals surface area contributed by atoms with Gasteiger partial charge in [0.25, 0.3) is 0 Å². The molecule has 0 fully saturated rings. The largest absolute Gasteiger partial charge is 0.348 e. The predicted molar refractivity (Wildman–Crippen MR) is 74.9 cm³/mol. The lowest BCUT2D eigenvalue weighted by atomic mass is 10.0. The Morgan fingerprint density at radius 1 is 1.35 bits per heavy atom. The van der Waals surface area contributed by atoms with Crippen molar-refractivity contribution in [2.75, 3.05) is 6.54 Å². The molecular formula is C15H25NO. The third kappa shape index (κ3) is 6.10. The van der Waals surface area contributed by atoms with Crippen molar-refractivity contribution < 1.29 is 4.79 Å². The molecule has 0 radical (unpaired) electrons. The molecule has 1 N–H and O–H groups in total. The fourth-order valence-electron chi connectivity index (χ4n) is 1.55. The van der Waals surface area contributed by atoms with Crippen molar-refractivity contribution in [3.63, 3.8) is 0 Å². The lowest BCUT2D eigenvalue weighted by Crippen LogP contribution is -2.26. The molecule has 0 aromatic rings. The van der Waals surface area contributed by atoms with E-state index in [1.54, 1.807) is 0 Å². The highest BCUT2D eigenvalue weighted by Gasteiger charge is 2.05. The van der Waals surface area contributed by atoms with E-state index in [4.69, 9.17) is 0 Å². The molecule has 0 aliphatic heterocycles. The minimum atomic E-state index is -0.0428. The molecule has 0 saturated carbocycles. The van der Waals surface area contributed by atoms with Crippen molar-refractivity contribution in [2.24, 2.45) is 0 Å². The molecule has 0 bridgehead atoms. The van der Waals surface area contributed by atoms with Gasteiger partial charge in [-0.1, -0.05) is 44.6 Å². The lowest BCUT2D eigenvalue weighted by Gasteiger charge is -2.10. The first kappa shape index (κ1) is 15.7. The third-order valence-corrected chi connectivity index (χ3v) is 2.73. The van der Waals surface area contributed by atoms with Crippen molar-refractivity contribution in [3.8, 4) is 0 Å². The Labute approximate surface area is 105 Å². The molecule has 0 aromatic heterocycles. The Morgan fingerprint density at radius 3 is 2.47 bits per heavy atom. The van der Waals surface area contributed by atoms with Gasteiger partial charge in [0.05, 0.1) is 0 Å². The average Bonchev–Trinajstić information content (AvgIpc) is 2.33. The summed E-state index contributed by atoms with van der Waals surface area (Å²) < 4.78 is 0. The molecule has 17 heavy (non-hydrogen) atoms. The second-order valence-electron chi connectivity index (χ2n) is 4.20. The minimum Gasteiger partial charge on any atom is -0.348 e. The van der Waals surface area contributed by atoms with Gasteiger partial charge in [-0.3, -0.25) is 4.79 Å². The van der Waals surface area contributed by atoms with E-state index in [2.05, 4.69) is 31.8 Å². The zero-order valence-corrected chi connectivity index (χ0v) is 11.6. The van der Waals surface area contributed by atoms with Gasteiger partial charge in [0.15, 0.2) is 0 Å². The van der Waals surface area contributed by atoms with E-state index in [1.165, 1.54) is 11.1 Å². The van der Waals surface area contributed by atoms with Gasteiger partial charge < -0.3 is 5.32 Å². The van der Waals surface area contributed by atoms with E-state index >= 15 is 0 Å². The fourth-order valence-corrected chi connectivity index (χ4v) is 1.55. The SMILES string of the molecule is C=C(CC)C(=O)NCC(/C=C\C)=C(/C)CCC. The standard InChI is InChI=1S/C15H25NO/c1-6-9-13(5)14(10-7-2)11-16-15(17)12(4)8-3/h7,10H,4,6,8-9,11H2,1-3,5H3,(H,16,17)/b10-7-,14-13-. The van der Waals surface area contributed by atoms with E-state index in [1.807, 2.05) is 19.9 Å². The maximum Gasteiger partial charge on any atom is 0.246 e. The van der Waals surface area contributed by atoms with Crippen molar-refractivity contribution in [3.05, 3.63) is 35.5 Å². The van der Waals surface area contributed by atoms with Gasteiger partial charge in [0.1, 0.15) is 0 Å². The van der Waals surface area contributed by atoms with Crippen molar-refractivity contribution >= 4 is 5.91 Å². The van der Waals surface area contributed by atoms with Crippen LogP contribution in [0.1, 0.15) is 47.0 Å². The van der Waals surface area contributed by atoms with Gasteiger partial charge >= 0.3 is 0 Å². The highest BCUT2D eigenvalue weighted by Crippen LogP contribution is 2.11. The summed E-state index contributed by atoms with van der Waals surface area (Å²) >= 11 is 0. The molecule has 0 rings (SSSR count). The van der Waals surface area contributed by atoms with Crippen LogP contribution in [0, 0.1) is 0 Å². The molecule has 1 amide bonds. The van der Waals surface area contributed by atoms with Crippen molar-refractivity contribution in [2.45, 2.75) is 47.0 Å². The van der Waals surface area contributed by atoms with Gasteiger partial charge in [-0.15, -0.1) is 0 Å². The highest BCUT2D eigenvalue weighted by atomic mass is 16.1. The van der Waals surface area contributed by atoms with E-state index < -0.39 is 0 Å². The summed E-state index contributed by atoms with van der Waals surface area (Å²) in [5.41, 5.74) is 3.18. The number of carbonyl (C=O) groups is 1. The number of hydrogen-bond donors (Lipinski definition) is 1. The Hall–Kier alpha value is -1.31. The maximum atomic E-state index is 11.6. The van der Waals surface area contributed by atoms with Crippen LogP contribution in [0.25, 0.3) is 0 Å². The zero-order chi connectivity index (χ0) is 13.3. The Kier molecular flexibility index (Phi) is 8.12. The molecule has 0 saturated heterocycles. The van der Waals surface area contributed by atoms with Crippen LogP contribution in [0.2, 0.25) is 0 Å². The van der Waals surface area contributed by atoms with Crippen LogP contribution in [0.5, 0.6) is 0 Å². The monoisotopic (exact) mass is 235 g/mol. The molecule has 96 valence electrons. The summed E-state index contributed by atoms with van der Waals surface area (Å²) in [6, 6.07) is 0. The summed E-state index contributed by atoms with van der Waals surface area (Å²) in [5, 5.41) is 2.91. The number of carbonyl (C=O) groups excluding carboxylic acids is 1.